The third-order valence-electron chi connectivity index (χ3n) is 2.78. The first-order valence-corrected chi connectivity index (χ1v) is 4.89. The van der Waals surface area contributed by atoms with Crippen molar-refractivity contribution in [3.05, 3.63) is 29.3 Å². The smallest absolute Gasteiger partial charge is 0.445 e. The van der Waals surface area contributed by atoms with Crippen LogP contribution in [0.2, 0.25) is 0 Å². The normalized spacial score (nSPS) is 16.5. The zero-order chi connectivity index (χ0) is 10.2. The predicted molar refractivity (Wildman–Crippen MR) is 51.8 cm³/mol. The van der Waals surface area contributed by atoms with E-state index < -0.39 is 6.98 Å². The Bertz CT molecular complexity index is 344. The number of rotatable bonds is 1. The molecule has 0 bridgehead atoms. The van der Waals surface area contributed by atoms with Gasteiger partial charge in [0, 0.05) is 0 Å². The molecule has 1 aromatic rings. The van der Waals surface area contributed by atoms with Gasteiger partial charge in [0.2, 0.25) is 0 Å². The Labute approximate surface area is 81.2 Å². The van der Waals surface area contributed by atoms with Crippen molar-refractivity contribution in [1.29, 1.82) is 0 Å². The molecule has 2 rings (SSSR count). The Hall–Kier alpha value is -0.925. The summed E-state index contributed by atoms with van der Waals surface area (Å²) in [5.74, 6) is 0. The molecule has 0 aromatic heterocycles. The third-order valence-corrected chi connectivity index (χ3v) is 2.78. The fourth-order valence-electron chi connectivity index (χ4n) is 2.12. The molecule has 0 saturated carbocycles. The zero-order valence-corrected chi connectivity index (χ0v) is 7.77. The van der Waals surface area contributed by atoms with Gasteiger partial charge in [-0.3, -0.25) is 0 Å². The van der Waals surface area contributed by atoms with E-state index in [0.29, 0.717) is 12.0 Å². The quantitative estimate of drug-likeness (QED) is 0.609. The van der Waals surface area contributed by atoms with E-state index in [1.165, 1.54) is 12.1 Å². The highest BCUT2D eigenvalue weighted by molar-refractivity contribution is 6.74. The van der Waals surface area contributed by atoms with E-state index in [1.807, 2.05) is 6.07 Å². The van der Waals surface area contributed by atoms with E-state index in [0.717, 1.165) is 24.8 Å². The first kappa shape index (κ1) is 9.62. The minimum Gasteiger partial charge on any atom is -0.445 e. The summed E-state index contributed by atoms with van der Waals surface area (Å²) >= 11 is 0. The van der Waals surface area contributed by atoms with E-state index in [2.05, 4.69) is 0 Å². The molecular formula is C10H11BF3-. The molecule has 0 amide bonds. The molecule has 0 atom stereocenters. The van der Waals surface area contributed by atoms with Crippen LogP contribution in [-0.2, 0) is 12.8 Å². The van der Waals surface area contributed by atoms with Crippen molar-refractivity contribution in [2.24, 2.45) is 0 Å². The SMILES string of the molecule is F[B-](F)(F)c1cccc2c1CCCC2. The summed E-state index contributed by atoms with van der Waals surface area (Å²) in [5.41, 5.74) is 1.07. The largest absolute Gasteiger partial charge is 0.509 e. The summed E-state index contributed by atoms with van der Waals surface area (Å²) in [6.07, 6.45) is 3.29. The van der Waals surface area contributed by atoms with Crippen LogP contribution in [-0.4, -0.2) is 6.98 Å². The molecule has 0 spiro atoms. The molecular weight excluding hydrogens is 188 g/mol. The second-order valence-corrected chi connectivity index (χ2v) is 3.77. The number of hydrogen-bond acceptors (Lipinski definition) is 0. The highest BCUT2D eigenvalue weighted by atomic mass is 19.4. The first-order chi connectivity index (χ1) is 6.59. The standard InChI is InChI=1S/C10H11BF3/c12-11(13,14)10-7-3-5-8-4-1-2-6-9(8)10/h3,5,7H,1-2,4,6H2/q-1. The van der Waals surface area contributed by atoms with Crippen LogP contribution in [0, 0.1) is 0 Å². The van der Waals surface area contributed by atoms with Gasteiger partial charge < -0.3 is 12.9 Å². The van der Waals surface area contributed by atoms with Gasteiger partial charge >= 0.3 is 6.98 Å². The van der Waals surface area contributed by atoms with E-state index in [9.17, 15) is 12.9 Å². The number of benzene rings is 1. The van der Waals surface area contributed by atoms with E-state index in [-0.39, 0.29) is 5.46 Å². The van der Waals surface area contributed by atoms with Crippen LogP contribution in [0.4, 0.5) is 12.9 Å². The molecule has 0 aliphatic heterocycles. The fraction of sp³-hybridized carbons (Fsp3) is 0.400. The summed E-state index contributed by atoms with van der Waals surface area (Å²) < 4.78 is 37.9. The molecule has 0 unspecified atom stereocenters. The number of halogens is 3. The second kappa shape index (κ2) is 3.33. The molecule has 1 aliphatic rings. The summed E-state index contributed by atoms with van der Waals surface area (Å²) in [6.45, 7) is -4.83. The highest BCUT2D eigenvalue weighted by Gasteiger charge is 2.29. The van der Waals surface area contributed by atoms with Gasteiger partial charge in [0.15, 0.2) is 0 Å². The lowest BCUT2D eigenvalue weighted by atomic mass is 9.72. The maximum atomic E-state index is 12.6. The maximum Gasteiger partial charge on any atom is 0.509 e. The van der Waals surface area contributed by atoms with Crippen LogP contribution < -0.4 is 5.46 Å². The summed E-state index contributed by atoms with van der Waals surface area (Å²) in [4.78, 5) is 0. The van der Waals surface area contributed by atoms with E-state index in [1.54, 1.807) is 0 Å². The zero-order valence-electron chi connectivity index (χ0n) is 7.77. The molecule has 0 radical (unpaired) electrons. The fourth-order valence-corrected chi connectivity index (χ4v) is 2.12. The maximum absolute atomic E-state index is 12.6. The van der Waals surface area contributed by atoms with Crippen molar-refractivity contribution >= 4 is 12.4 Å². The monoisotopic (exact) mass is 199 g/mol. The Balaban J connectivity index is 2.51. The summed E-state index contributed by atoms with van der Waals surface area (Å²) in [6, 6.07) is 4.55. The number of hydrogen-bond donors (Lipinski definition) is 0. The third kappa shape index (κ3) is 1.65. The molecule has 4 heteroatoms. The molecule has 0 N–H and O–H groups in total. The van der Waals surface area contributed by atoms with Crippen molar-refractivity contribution < 1.29 is 12.9 Å². The van der Waals surface area contributed by atoms with Crippen LogP contribution >= 0.6 is 0 Å². The van der Waals surface area contributed by atoms with Gasteiger partial charge in [-0.2, -0.15) is 0 Å². The van der Waals surface area contributed by atoms with Gasteiger partial charge in [0.25, 0.3) is 0 Å². The average molecular weight is 199 g/mol. The Morgan fingerprint density at radius 3 is 2.43 bits per heavy atom. The molecule has 0 nitrogen and oxygen atoms in total. The number of aryl methyl sites for hydroxylation is 1. The van der Waals surface area contributed by atoms with Crippen LogP contribution in [0.5, 0.6) is 0 Å². The number of fused-ring (bicyclic) bond motifs is 1. The predicted octanol–water partition coefficient (Wildman–Crippen LogP) is 2.62. The van der Waals surface area contributed by atoms with Crippen molar-refractivity contribution in [2.45, 2.75) is 25.7 Å². The highest BCUT2D eigenvalue weighted by Crippen LogP contribution is 2.22. The van der Waals surface area contributed by atoms with Gasteiger partial charge in [-0.25, -0.2) is 0 Å². The molecule has 0 fully saturated rings. The van der Waals surface area contributed by atoms with Crippen molar-refractivity contribution in [3.63, 3.8) is 0 Å². The summed E-state index contributed by atoms with van der Waals surface area (Å²) in [7, 11) is 0. The lowest BCUT2D eigenvalue weighted by molar-refractivity contribution is 0.499. The van der Waals surface area contributed by atoms with Gasteiger partial charge in [0.05, 0.1) is 0 Å². The Morgan fingerprint density at radius 1 is 1.00 bits per heavy atom. The first-order valence-electron chi connectivity index (χ1n) is 4.89. The minimum absolute atomic E-state index is 0.373. The van der Waals surface area contributed by atoms with Crippen molar-refractivity contribution in [1.82, 2.24) is 0 Å². The average Bonchev–Trinajstić information content (AvgIpc) is 2.15. The summed E-state index contributed by atoms with van der Waals surface area (Å²) in [5, 5.41) is 0. The van der Waals surface area contributed by atoms with Gasteiger partial charge in [-0.1, -0.05) is 23.8 Å². The molecule has 1 aliphatic carbocycles. The van der Waals surface area contributed by atoms with Gasteiger partial charge in [-0.15, -0.1) is 5.46 Å². The lowest BCUT2D eigenvalue weighted by Crippen LogP contribution is -2.38. The lowest BCUT2D eigenvalue weighted by Gasteiger charge is -2.25. The molecule has 1 aromatic carbocycles. The van der Waals surface area contributed by atoms with Crippen molar-refractivity contribution in [3.8, 4) is 0 Å². The molecule has 0 saturated heterocycles. The van der Waals surface area contributed by atoms with Crippen LogP contribution in [0.25, 0.3) is 0 Å². The van der Waals surface area contributed by atoms with E-state index >= 15 is 0 Å². The molecule has 14 heavy (non-hydrogen) atoms. The van der Waals surface area contributed by atoms with Gasteiger partial charge in [0.1, 0.15) is 0 Å². The Morgan fingerprint density at radius 2 is 1.71 bits per heavy atom. The van der Waals surface area contributed by atoms with Crippen LogP contribution in [0.1, 0.15) is 24.0 Å². The topological polar surface area (TPSA) is 0 Å². The van der Waals surface area contributed by atoms with E-state index in [4.69, 9.17) is 0 Å². The molecule has 76 valence electrons. The van der Waals surface area contributed by atoms with Crippen LogP contribution in [0.15, 0.2) is 18.2 Å². The Kier molecular flexibility index (Phi) is 2.29. The second-order valence-electron chi connectivity index (χ2n) is 3.77. The molecule has 0 heterocycles. The van der Waals surface area contributed by atoms with Crippen molar-refractivity contribution in [2.75, 3.05) is 0 Å². The van der Waals surface area contributed by atoms with Gasteiger partial charge in [-0.05, 0) is 31.2 Å². The minimum atomic E-state index is -4.83. The van der Waals surface area contributed by atoms with Crippen LogP contribution in [0.3, 0.4) is 0 Å².